The van der Waals surface area contributed by atoms with Gasteiger partial charge in [0.2, 0.25) is 0 Å². The summed E-state index contributed by atoms with van der Waals surface area (Å²) in [6.07, 6.45) is 0. The molecule has 0 aromatic heterocycles. The van der Waals surface area contributed by atoms with Crippen molar-refractivity contribution in [3.05, 3.63) is 23.8 Å². The van der Waals surface area contributed by atoms with E-state index < -0.39 is 0 Å². The van der Waals surface area contributed by atoms with Gasteiger partial charge in [0.15, 0.2) is 0 Å². The first-order chi connectivity index (χ1) is 10.1. The average molecular weight is 293 g/mol. The molecule has 2 N–H and O–H groups in total. The van der Waals surface area contributed by atoms with Crippen LogP contribution in [0.2, 0.25) is 0 Å². The van der Waals surface area contributed by atoms with Gasteiger partial charge in [0.05, 0.1) is 18.4 Å². The number of likely N-dealkylation sites (N-methyl/N-ethyl adjacent to an activating group) is 1. The van der Waals surface area contributed by atoms with Crippen molar-refractivity contribution in [2.24, 2.45) is 0 Å². The predicted octanol–water partition coefficient (Wildman–Crippen LogP) is 0.682. The number of nitrogens with two attached hydrogens (primary N) is 1. The molecule has 0 bridgehead atoms. The topological polar surface area (TPSA) is 68.0 Å². The van der Waals surface area contributed by atoms with E-state index in [9.17, 15) is 4.79 Å². The second-order valence-corrected chi connectivity index (χ2v) is 5.24. The quantitative estimate of drug-likeness (QED) is 0.636. The first-order valence-corrected chi connectivity index (χ1v) is 7.11. The third-order valence-electron chi connectivity index (χ3n) is 3.71. The Hall–Kier alpha value is -1.79. The van der Waals surface area contributed by atoms with Crippen molar-refractivity contribution in [1.29, 1.82) is 0 Å². The second-order valence-electron chi connectivity index (χ2n) is 5.24. The van der Waals surface area contributed by atoms with E-state index in [-0.39, 0.29) is 5.97 Å². The highest BCUT2D eigenvalue weighted by Gasteiger charge is 2.15. The van der Waals surface area contributed by atoms with Crippen LogP contribution in [0.25, 0.3) is 0 Å². The van der Waals surface area contributed by atoms with E-state index in [1.807, 2.05) is 0 Å². The van der Waals surface area contributed by atoms with Crippen molar-refractivity contribution in [1.82, 2.24) is 9.80 Å². The van der Waals surface area contributed by atoms with Crippen LogP contribution in [0.4, 0.5) is 5.69 Å². The van der Waals surface area contributed by atoms with E-state index in [1.54, 1.807) is 18.2 Å². The normalized spacial score (nSPS) is 16.7. The summed E-state index contributed by atoms with van der Waals surface area (Å²) in [4.78, 5) is 16.6. The van der Waals surface area contributed by atoms with Gasteiger partial charge >= 0.3 is 5.97 Å². The number of anilines is 1. The Morgan fingerprint density at radius 1 is 1.29 bits per heavy atom. The SMILES string of the molecule is COc1cc(C(=O)OCCN2CCN(C)CC2)ccc1N. The minimum Gasteiger partial charge on any atom is -0.495 e. The molecule has 1 aromatic rings. The summed E-state index contributed by atoms with van der Waals surface area (Å²) in [7, 11) is 3.64. The van der Waals surface area contributed by atoms with Crippen LogP contribution in [-0.2, 0) is 4.74 Å². The predicted molar refractivity (Wildman–Crippen MR) is 81.6 cm³/mol. The largest absolute Gasteiger partial charge is 0.495 e. The Kier molecular flexibility index (Phi) is 5.41. The summed E-state index contributed by atoms with van der Waals surface area (Å²) in [5, 5.41) is 0. The van der Waals surface area contributed by atoms with Gasteiger partial charge in [0.25, 0.3) is 0 Å². The molecule has 1 aromatic carbocycles. The number of carbonyl (C=O) groups excluding carboxylic acids is 1. The Labute approximate surface area is 125 Å². The maximum absolute atomic E-state index is 12.0. The maximum atomic E-state index is 12.0. The number of nitrogens with zero attached hydrogens (tertiary/aromatic N) is 2. The molecule has 0 spiro atoms. The fraction of sp³-hybridized carbons (Fsp3) is 0.533. The molecule has 1 aliphatic heterocycles. The zero-order chi connectivity index (χ0) is 15.2. The molecule has 0 amide bonds. The fourth-order valence-corrected chi connectivity index (χ4v) is 2.26. The minimum atomic E-state index is -0.345. The third-order valence-corrected chi connectivity index (χ3v) is 3.71. The molecule has 1 fully saturated rings. The van der Waals surface area contributed by atoms with Crippen molar-refractivity contribution in [3.63, 3.8) is 0 Å². The number of rotatable bonds is 5. The lowest BCUT2D eigenvalue weighted by atomic mass is 10.2. The van der Waals surface area contributed by atoms with Gasteiger partial charge in [0, 0.05) is 32.7 Å². The van der Waals surface area contributed by atoms with Gasteiger partial charge in [-0.15, -0.1) is 0 Å². The van der Waals surface area contributed by atoms with E-state index >= 15 is 0 Å². The lowest BCUT2D eigenvalue weighted by Crippen LogP contribution is -2.45. The average Bonchev–Trinajstić information content (AvgIpc) is 2.49. The van der Waals surface area contributed by atoms with Gasteiger partial charge in [0.1, 0.15) is 12.4 Å². The lowest BCUT2D eigenvalue weighted by molar-refractivity contribution is 0.0432. The molecule has 116 valence electrons. The Morgan fingerprint density at radius 3 is 2.67 bits per heavy atom. The number of ether oxygens (including phenoxy) is 2. The molecule has 0 aliphatic carbocycles. The fourth-order valence-electron chi connectivity index (χ4n) is 2.26. The third kappa shape index (κ3) is 4.34. The van der Waals surface area contributed by atoms with E-state index in [0.29, 0.717) is 23.6 Å². The Morgan fingerprint density at radius 2 is 2.00 bits per heavy atom. The zero-order valence-corrected chi connectivity index (χ0v) is 12.7. The Bertz CT molecular complexity index is 485. The highest BCUT2D eigenvalue weighted by Crippen LogP contribution is 2.22. The van der Waals surface area contributed by atoms with Crippen molar-refractivity contribution in [3.8, 4) is 5.75 Å². The molecule has 0 atom stereocenters. The monoisotopic (exact) mass is 293 g/mol. The van der Waals surface area contributed by atoms with Crippen LogP contribution in [0.15, 0.2) is 18.2 Å². The highest BCUT2D eigenvalue weighted by molar-refractivity contribution is 5.90. The molecule has 0 radical (unpaired) electrons. The molecular formula is C15H23N3O3. The number of piperazine rings is 1. The number of esters is 1. The minimum absolute atomic E-state index is 0.345. The van der Waals surface area contributed by atoms with Crippen molar-refractivity contribution < 1.29 is 14.3 Å². The number of carbonyl (C=O) groups is 1. The first kappa shape index (κ1) is 15.6. The summed E-state index contributed by atoms with van der Waals surface area (Å²) in [6, 6.07) is 4.90. The zero-order valence-electron chi connectivity index (χ0n) is 12.7. The molecule has 0 unspecified atom stereocenters. The summed E-state index contributed by atoms with van der Waals surface area (Å²) in [6.45, 7) is 5.32. The molecular weight excluding hydrogens is 270 g/mol. The smallest absolute Gasteiger partial charge is 0.338 e. The van der Waals surface area contributed by atoms with Gasteiger partial charge in [-0.05, 0) is 25.2 Å². The summed E-state index contributed by atoms with van der Waals surface area (Å²) < 4.78 is 10.4. The number of hydrogen-bond donors (Lipinski definition) is 1. The van der Waals surface area contributed by atoms with Gasteiger partial charge in [-0.1, -0.05) is 0 Å². The van der Waals surface area contributed by atoms with Gasteiger partial charge in [-0.25, -0.2) is 4.79 Å². The van der Waals surface area contributed by atoms with Gasteiger partial charge in [-0.2, -0.15) is 0 Å². The van der Waals surface area contributed by atoms with Crippen LogP contribution >= 0.6 is 0 Å². The van der Waals surface area contributed by atoms with E-state index in [2.05, 4.69) is 16.8 Å². The summed E-state index contributed by atoms with van der Waals surface area (Å²) in [5.74, 6) is 0.144. The highest BCUT2D eigenvalue weighted by atomic mass is 16.5. The van der Waals surface area contributed by atoms with Crippen LogP contribution in [0, 0.1) is 0 Å². The van der Waals surface area contributed by atoms with Crippen molar-refractivity contribution in [2.75, 3.05) is 59.2 Å². The lowest BCUT2D eigenvalue weighted by Gasteiger charge is -2.32. The van der Waals surface area contributed by atoms with Crippen LogP contribution in [0.1, 0.15) is 10.4 Å². The van der Waals surface area contributed by atoms with Gasteiger partial charge < -0.3 is 20.1 Å². The number of benzene rings is 1. The van der Waals surface area contributed by atoms with Crippen LogP contribution in [0.5, 0.6) is 5.75 Å². The summed E-state index contributed by atoms with van der Waals surface area (Å²) >= 11 is 0. The molecule has 21 heavy (non-hydrogen) atoms. The molecule has 1 saturated heterocycles. The van der Waals surface area contributed by atoms with Crippen molar-refractivity contribution >= 4 is 11.7 Å². The molecule has 1 aliphatic rings. The van der Waals surface area contributed by atoms with Crippen LogP contribution in [0.3, 0.4) is 0 Å². The molecule has 0 saturated carbocycles. The van der Waals surface area contributed by atoms with Crippen molar-refractivity contribution in [2.45, 2.75) is 0 Å². The van der Waals surface area contributed by atoms with E-state index in [1.165, 1.54) is 7.11 Å². The summed E-state index contributed by atoms with van der Waals surface area (Å²) in [5.41, 5.74) is 6.69. The molecule has 1 heterocycles. The van der Waals surface area contributed by atoms with E-state index in [0.717, 1.165) is 32.7 Å². The molecule has 6 heteroatoms. The number of nitrogen functional groups attached to an aromatic ring is 1. The Balaban J connectivity index is 1.79. The first-order valence-electron chi connectivity index (χ1n) is 7.11. The number of hydrogen-bond acceptors (Lipinski definition) is 6. The number of methoxy groups -OCH3 is 1. The molecule has 6 nitrogen and oxygen atoms in total. The maximum Gasteiger partial charge on any atom is 0.338 e. The van der Waals surface area contributed by atoms with Crippen LogP contribution < -0.4 is 10.5 Å². The van der Waals surface area contributed by atoms with Crippen LogP contribution in [-0.4, -0.2) is 69.3 Å². The van der Waals surface area contributed by atoms with Gasteiger partial charge in [-0.3, -0.25) is 4.90 Å². The standard InChI is InChI=1S/C15H23N3O3/c1-17-5-7-18(8-6-17)9-10-21-15(19)12-3-4-13(16)14(11-12)20-2/h3-4,11H,5-10,16H2,1-2H3. The molecule has 2 rings (SSSR count). The van der Waals surface area contributed by atoms with E-state index in [4.69, 9.17) is 15.2 Å². The second kappa shape index (κ2) is 7.28.